The van der Waals surface area contributed by atoms with Crippen molar-refractivity contribution in [3.63, 3.8) is 0 Å². The maximum absolute atomic E-state index is 5.77. The van der Waals surface area contributed by atoms with E-state index in [1.54, 1.807) is 0 Å². The van der Waals surface area contributed by atoms with Gasteiger partial charge in [0, 0.05) is 11.7 Å². The highest BCUT2D eigenvalue weighted by Gasteiger charge is 2.03. The Labute approximate surface area is 125 Å². The Hall–Kier alpha value is -2.26. The fourth-order valence-electron chi connectivity index (χ4n) is 2.53. The van der Waals surface area contributed by atoms with Crippen molar-refractivity contribution in [2.45, 2.75) is 13.0 Å². The Morgan fingerprint density at radius 1 is 1.00 bits per heavy atom. The van der Waals surface area contributed by atoms with Crippen LogP contribution in [0.4, 0.5) is 0 Å². The quantitative estimate of drug-likeness (QED) is 0.753. The van der Waals surface area contributed by atoms with Crippen LogP contribution >= 0.6 is 0 Å². The number of nitrogens with two attached hydrogens (primary N) is 1. The molecule has 0 radical (unpaired) electrons. The van der Waals surface area contributed by atoms with E-state index < -0.39 is 0 Å². The Morgan fingerprint density at radius 2 is 1.86 bits per heavy atom. The second-order valence-electron chi connectivity index (χ2n) is 5.10. The van der Waals surface area contributed by atoms with E-state index in [0.717, 1.165) is 18.7 Å². The Bertz CT molecular complexity index is 704. The van der Waals surface area contributed by atoms with Gasteiger partial charge in [0.25, 0.3) is 0 Å². The summed E-state index contributed by atoms with van der Waals surface area (Å²) < 4.78 is 8.00. The molecule has 0 spiro atoms. The van der Waals surface area contributed by atoms with Gasteiger partial charge in [-0.1, -0.05) is 30.3 Å². The highest BCUT2D eigenvalue weighted by molar-refractivity contribution is 5.80. The third kappa shape index (κ3) is 3.26. The lowest BCUT2D eigenvalue weighted by Crippen LogP contribution is -2.07. The van der Waals surface area contributed by atoms with Crippen LogP contribution < -0.4 is 10.5 Å². The molecule has 2 N–H and O–H groups in total. The highest BCUT2D eigenvalue weighted by atomic mass is 16.5. The summed E-state index contributed by atoms with van der Waals surface area (Å²) in [6.45, 7) is 2.18. The molecule has 0 atom stereocenters. The molecule has 0 bridgehead atoms. The van der Waals surface area contributed by atoms with E-state index >= 15 is 0 Å². The van der Waals surface area contributed by atoms with Crippen molar-refractivity contribution in [1.29, 1.82) is 0 Å². The van der Waals surface area contributed by atoms with Crippen LogP contribution in [0.1, 0.15) is 5.56 Å². The summed E-state index contributed by atoms with van der Waals surface area (Å²) in [5.74, 6) is 0.915. The van der Waals surface area contributed by atoms with Gasteiger partial charge >= 0.3 is 0 Å². The standard InChI is InChI=1S/C18H20N2O/c19-10-8-15-6-7-16-9-11-20(18(16)14-15)12-13-21-17-4-2-1-3-5-17/h1-7,9,11,14H,8,10,12-13,19H2. The lowest BCUT2D eigenvalue weighted by atomic mass is 10.1. The minimum absolute atomic E-state index is 0.662. The van der Waals surface area contributed by atoms with E-state index in [2.05, 4.69) is 35.0 Å². The van der Waals surface area contributed by atoms with Gasteiger partial charge in [0.15, 0.2) is 0 Å². The molecule has 3 aromatic rings. The predicted octanol–water partition coefficient (Wildman–Crippen LogP) is 3.22. The lowest BCUT2D eigenvalue weighted by Gasteiger charge is -2.09. The maximum Gasteiger partial charge on any atom is 0.119 e. The summed E-state index contributed by atoms with van der Waals surface area (Å²) >= 11 is 0. The van der Waals surface area contributed by atoms with Gasteiger partial charge in [0.05, 0.1) is 6.54 Å². The van der Waals surface area contributed by atoms with E-state index in [4.69, 9.17) is 10.5 Å². The van der Waals surface area contributed by atoms with E-state index in [-0.39, 0.29) is 0 Å². The summed E-state index contributed by atoms with van der Waals surface area (Å²) in [6, 6.07) is 18.6. The normalized spacial score (nSPS) is 10.9. The van der Waals surface area contributed by atoms with Crippen molar-refractivity contribution in [3.8, 4) is 5.75 Å². The Kier molecular flexibility index (Phi) is 4.22. The third-order valence-corrected chi connectivity index (χ3v) is 3.62. The van der Waals surface area contributed by atoms with Crippen molar-refractivity contribution in [3.05, 3.63) is 66.4 Å². The topological polar surface area (TPSA) is 40.2 Å². The average Bonchev–Trinajstić information content (AvgIpc) is 2.91. The number of ether oxygens (including phenoxy) is 1. The van der Waals surface area contributed by atoms with Gasteiger partial charge in [0.2, 0.25) is 0 Å². The fourth-order valence-corrected chi connectivity index (χ4v) is 2.53. The SMILES string of the molecule is NCCc1ccc2ccn(CCOc3ccccc3)c2c1. The van der Waals surface area contributed by atoms with E-state index in [1.807, 2.05) is 30.3 Å². The van der Waals surface area contributed by atoms with E-state index in [9.17, 15) is 0 Å². The molecule has 0 saturated heterocycles. The summed E-state index contributed by atoms with van der Waals surface area (Å²) in [4.78, 5) is 0. The molecule has 0 fully saturated rings. The number of hydrogen-bond donors (Lipinski definition) is 1. The van der Waals surface area contributed by atoms with E-state index in [1.165, 1.54) is 16.5 Å². The van der Waals surface area contributed by atoms with Gasteiger partial charge in [-0.3, -0.25) is 0 Å². The molecule has 3 nitrogen and oxygen atoms in total. The van der Waals surface area contributed by atoms with Crippen molar-refractivity contribution in [2.75, 3.05) is 13.2 Å². The molecule has 1 aromatic heterocycles. The van der Waals surface area contributed by atoms with Crippen molar-refractivity contribution >= 4 is 10.9 Å². The van der Waals surface area contributed by atoms with E-state index in [0.29, 0.717) is 13.2 Å². The molecule has 3 rings (SSSR count). The number of nitrogens with zero attached hydrogens (tertiary/aromatic N) is 1. The molecule has 0 aliphatic carbocycles. The lowest BCUT2D eigenvalue weighted by molar-refractivity contribution is 0.300. The first-order valence-corrected chi connectivity index (χ1v) is 7.32. The summed E-state index contributed by atoms with van der Waals surface area (Å²) in [7, 11) is 0. The fraction of sp³-hybridized carbons (Fsp3) is 0.222. The van der Waals surface area contributed by atoms with Crippen molar-refractivity contribution in [1.82, 2.24) is 4.57 Å². The molecule has 0 unspecified atom stereocenters. The van der Waals surface area contributed by atoms with Gasteiger partial charge in [-0.15, -0.1) is 0 Å². The van der Waals surface area contributed by atoms with Crippen LogP contribution in [-0.2, 0) is 13.0 Å². The van der Waals surface area contributed by atoms with Crippen molar-refractivity contribution < 1.29 is 4.74 Å². The van der Waals surface area contributed by atoms with Crippen LogP contribution in [0.25, 0.3) is 10.9 Å². The number of benzene rings is 2. The smallest absolute Gasteiger partial charge is 0.119 e. The summed E-state index contributed by atoms with van der Waals surface area (Å²) in [6.07, 6.45) is 3.03. The third-order valence-electron chi connectivity index (χ3n) is 3.62. The monoisotopic (exact) mass is 280 g/mol. The van der Waals surface area contributed by atoms with Gasteiger partial charge in [0.1, 0.15) is 12.4 Å². The number of para-hydroxylation sites is 1. The molecule has 3 heteroatoms. The van der Waals surface area contributed by atoms with Gasteiger partial charge in [-0.05, 0) is 48.2 Å². The summed E-state index contributed by atoms with van der Waals surface area (Å²) in [5, 5.41) is 1.26. The minimum Gasteiger partial charge on any atom is -0.492 e. The zero-order chi connectivity index (χ0) is 14.5. The largest absolute Gasteiger partial charge is 0.492 e. The zero-order valence-electron chi connectivity index (χ0n) is 12.0. The van der Waals surface area contributed by atoms with Crippen LogP contribution in [0.2, 0.25) is 0 Å². The second-order valence-corrected chi connectivity index (χ2v) is 5.10. The van der Waals surface area contributed by atoms with Crippen LogP contribution in [-0.4, -0.2) is 17.7 Å². The molecule has 2 aromatic carbocycles. The van der Waals surface area contributed by atoms with Gasteiger partial charge < -0.3 is 15.0 Å². The molecule has 0 saturated carbocycles. The van der Waals surface area contributed by atoms with Crippen LogP contribution in [0, 0.1) is 0 Å². The number of fused-ring (bicyclic) bond motifs is 1. The zero-order valence-corrected chi connectivity index (χ0v) is 12.0. The van der Waals surface area contributed by atoms with Crippen molar-refractivity contribution in [2.24, 2.45) is 5.73 Å². The molecule has 21 heavy (non-hydrogen) atoms. The number of hydrogen-bond acceptors (Lipinski definition) is 2. The molecule has 1 heterocycles. The first-order valence-electron chi connectivity index (χ1n) is 7.32. The Balaban J connectivity index is 1.70. The molecule has 0 aliphatic heterocycles. The highest BCUT2D eigenvalue weighted by Crippen LogP contribution is 2.18. The predicted molar refractivity (Wildman–Crippen MR) is 86.6 cm³/mol. The second kappa shape index (κ2) is 6.46. The first kappa shape index (κ1) is 13.7. The molecular formula is C18H20N2O. The number of aromatic nitrogens is 1. The first-order chi connectivity index (χ1) is 10.4. The molecule has 0 amide bonds. The van der Waals surface area contributed by atoms with Gasteiger partial charge in [-0.25, -0.2) is 0 Å². The summed E-state index contributed by atoms with van der Waals surface area (Å²) in [5.41, 5.74) is 8.17. The number of rotatable bonds is 6. The average molecular weight is 280 g/mol. The van der Waals surface area contributed by atoms with Crippen LogP contribution in [0.3, 0.4) is 0 Å². The maximum atomic E-state index is 5.77. The molecule has 108 valence electrons. The van der Waals surface area contributed by atoms with Crippen LogP contribution in [0.15, 0.2) is 60.8 Å². The minimum atomic E-state index is 0.662. The molecule has 0 aliphatic rings. The molecular weight excluding hydrogens is 260 g/mol. The van der Waals surface area contributed by atoms with Crippen LogP contribution in [0.5, 0.6) is 5.75 Å². The van der Waals surface area contributed by atoms with Gasteiger partial charge in [-0.2, -0.15) is 0 Å². The Morgan fingerprint density at radius 3 is 2.67 bits per heavy atom.